The molecule has 0 saturated heterocycles. The first kappa shape index (κ1) is 19.7. The highest BCUT2D eigenvalue weighted by atomic mass is 32.1. The number of hydrogen-bond donors (Lipinski definition) is 1. The minimum atomic E-state index is -0.238. The van der Waals surface area contributed by atoms with Gasteiger partial charge in [0, 0.05) is 28.3 Å². The maximum absolute atomic E-state index is 12.3. The van der Waals surface area contributed by atoms with Gasteiger partial charge < -0.3 is 14.8 Å². The van der Waals surface area contributed by atoms with Crippen molar-refractivity contribution in [1.82, 2.24) is 4.98 Å². The van der Waals surface area contributed by atoms with Gasteiger partial charge in [-0.1, -0.05) is 48.5 Å². The van der Waals surface area contributed by atoms with Crippen LogP contribution in [0.5, 0.6) is 11.5 Å². The zero-order valence-electron chi connectivity index (χ0n) is 16.4. The van der Waals surface area contributed by atoms with E-state index in [1.165, 1.54) is 0 Å². The Bertz CT molecular complexity index is 1140. The van der Waals surface area contributed by atoms with Gasteiger partial charge in [-0.2, -0.15) is 0 Å². The zero-order valence-corrected chi connectivity index (χ0v) is 17.2. The van der Waals surface area contributed by atoms with Crippen LogP contribution in [0, 0.1) is 0 Å². The lowest BCUT2D eigenvalue weighted by atomic mass is 10.1. The normalized spacial score (nSPS) is 10.4. The average molecular weight is 417 g/mol. The summed E-state index contributed by atoms with van der Waals surface area (Å²) in [6, 6.07) is 24.9. The summed E-state index contributed by atoms with van der Waals surface area (Å²) >= 11 is 1.60. The van der Waals surface area contributed by atoms with Crippen LogP contribution < -0.4 is 14.8 Å². The van der Waals surface area contributed by atoms with E-state index >= 15 is 0 Å². The first-order valence-corrected chi connectivity index (χ1v) is 10.3. The van der Waals surface area contributed by atoms with Crippen LogP contribution in [0.2, 0.25) is 0 Å². The Labute approximate surface area is 178 Å². The van der Waals surface area contributed by atoms with Crippen molar-refractivity contribution in [2.45, 2.75) is 0 Å². The predicted molar refractivity (Wildman–Crippen MR) is 120 cm³/mol. The first-order valence-electron chi connectivity index (χ1n) is 9.39. The molecule has 3 aromatic carbocycles. The molecule has 1 amide bonds. The highest BCUT2D eigenvalue weighted by Gasteiger charge is 2.09. The number of carbonyl (C=O) groups excluding carboxylic acids is 1. The number of hydrogen-bond acceptors (Lipinski definition) is 5. The Balaban J connectivity index is 1.41. The second-order valence-corrected chi connectivity index (χ2v) is 7.36. The summed E-state index contributed by atoms with van der Waals surface area (Å²) < 4.78 is 10.7. The zero-order chi connectivity index (χ0) is 20.8. The Kier molecular flexibility index (Phi) is 6.06. The van der Waals surface area contributed by atoms with Gasteiger partial charge in [0.1, 0.15) is 16.5 Å². The Hall–Kier alpha value is -3.64. The summed E-state index contributed by atoms with van der Waals surface area (Å²) in [6.07, 6.45) is 0. The Morgan fingerprint density at radius 2 is 1.70 bits per heavy atom. The minimum Gasteiger partial charge on any atom is -0.497 e. The fourth-order valence-electron chi connectivity index (χ4n) is 2.91. The molecule has 1 aromatic heterocycles. The number of aromatic nitrogens is 1. The van der Waals surface area contributed by atoms with Gasteiger partial charge in [-0.3, -0.25) is 4.79 Å². The van der Waals surface area contributed by atoms with E-state index in [2.05, 4.69) is 5.32 Å². The molecule has 1 N–H and O–H groups in total. The van der Waals surface area contributed by atoms with Crippen LogP contribution in [0.15, 0.2) is 84.2 Å². The number of methoxy groups -OCH3 is 1. The molecule has 0 spiro atoms. The van der Waals surface area contributed by atoms with Crippen LogP contribution in [0.1, 0.15) is 0 Å². The summed E-state index contributed by atoms with van der Waals surface area (Å²) in [5, 5.41) is 5.86. The molecule has 4 rings (SSSR count). The number of carbonyl (C=O) groups is 1. The topological polar surface area (TPSA) is 60.5 Å². The third-order valence-electron chi connectivity index (χ3n) is 4.38. The second-order valence-electron chi connectivity index (χ2n) is 6.50. The number of ether oxygens (including phenoxy) is 2. The van der Waals surface area contributed by atoms with Crippen molar-refractivity contribution in [3.05, 3.63) is 84.2 Å². The van der Waals surface area contributed by atoms with Crippen LogP contribution in [-0.2, 0) is 4.79 Å². The van der Waals surface area contributed by atoms with E-state index in [0.717, 1.165) is 21.8 Å². The molecule has 5 nitrogen and oxygen atoms in total. The number of anilines is 1. The fraction of sp³-hybridized carbons (Fsp3) is 0.0833. The van der Waals surface area contributed by atoms with Crippen LogP contribution in [-0.4, -0.2) is 24.6 Å². The summed E-state index contributed by atoms with van der Waals surface area (Å²) in [5.74, 6) is 1.02. The molecule has 0 fully saturated rings. The molecule has 30 heavy (non-hydrogen) atoms. The van der Waals surface area contributed by atoms with Crippen molar-refractivity contribution in [2.75, 3.05) is 19.0 Å². The molecule has 0 bridgehead atoms. The molecule has 0 aliphatic heterocycles. The highest BCUT2D eigenvalue weighted by Crippen LogP contribution is 2.29. The van der Waals surface area contributed by atoms with Crippen molar-refractivity contribution >= 4 is 22.9 Å². The number of nitrogens with zero attached hydrogens (tertiary/aromatic N) is 1. The van der Waals surface area contributed by atoms with Crippen molar-refractivity contribution in [2.24, 2.45) is 0 Å². The maximum Gasteiger partial charge on any atom is 0.262 e. The third kappa shape index (κ3) is 4.85. The Morgan fingerprint density at radius 3 is 2.53 bits per heavy atom. The van der Waals surface area contributed by atoms with Crippen molar-refractivity contribution in [1.29, 1.82) is 0 Å². The van der Waals surface area contributed by atoms with E-state index in [-0.39, 0.29) is 12.5 Å². The van der Waals surface area contributed by atoms with Crippen molar-refractivity contribution < 1.29 is 14.3 Å². The van der Waals surface area contributed by atoms with Gasteiger partial charge in [0.05, 0.1) is 12.8 Å². The van der Waals surface area contributed by atoms with E-state index in [9.17, 15) is 4.79 Å². The van der Waals surface area contributed by atoms with Gasteiger partial charge in [-0.25, -0.2) is 4.98 Å². The van der Waals surface area contributed by atoms with Gasteiger partial charge in [0.15, 0.2) is 6.61 Å². The number of nitrogens with one attached hydrogen (secondary N) is 1. The monoisotopic (exact) mass is 416 g/mol. The van der Waals surface area contributed by atoms with Crippen LogP contribution in [0.3, 0.4) is 0 Å². The molecule has 0 unspecified atom stereocenters. The van der Waals surface area contributed by atoms with Gasteiger partial charge >= 0.3 is 0 Å². The van der Waals surface area contributed by atoms with Crippen LogP contribution >= 0.6 is 11.3 Å². The number of rotatable bonds is 7. The molecule has 150 valence electrons. The standard InChI is InChI=1S/C24H20N2O3S/c1-28-20-11-6-12-21(14-20)29-15-23(27)25-19-10-5-9-18(13-19)22-16-30-24(26-22)17-7-3-2-4-8-17/h2-14,16H,15H2,1H3,(H,25,27). The molecule has 0 aliphatic rings. The molecule has 4 aromatic rings. The summed E-state index contributed by atoms with van der Waals surface area (Å²) in [6.45, 7) is -0.0910. The predicted octanol–water partition coefficient (Wildman–Crippen LogP) is 5.50. The van der Waals surface area contributed by atoms with E-state index in [1.54, 1.807) is 30.6 Å². The smallest absolute Gasteiger partial charge is 0.262 e. The molecule has 0 aliphatic carbocycles. The van der Waals surface area contributed by atoms with E-state index in [4.69, 9.17) is 14.5 Å². The van der Waals surface area contributed by atoms with Gasteiger partial charge in [0.25, 0.3) is 5.91 Å². The van der Waals surface area contributed by atoms with Crippen molar-refractivity contribution in [3.63, 3.8) is 0 Å². The number of benzene rings is 3. The van der Waals surface area contributed by atoms with Gasteiger partial charge in [-0.05, 0) is 24.3 Å². The molecule has 0 saturated carbocycles. The summed E-state index contributed by atoms with van der Waals surface area (Å²) in [4.78, 5) is 17.0. The van der Waals surface area contributed by atoms with E-state index in [0.29, 0.717) is 17.2 Å². The number of thiazole rings is 1. The first-order chi connectivity index (χ1) is 14.7. The number of amides is 1. The van der Waals surface area contributed by atoms with Gasteiger partial charge in [0.2, 0.25) is 0 Å². The lowest BCUT2D eigenvalue weighted by molar-refractivity contribution is -0.118. The molecular formula is C24H20N2O3S. The van der Waals surface area contributed by atoms with Crippen molar-refractivity contribution in [3.8, 4) is 33.3 Å². The highest BCUT2D eigenvalue weighted by molar-refractivity contribution is 7.13. The lowest BCUT2D eigenvalue weighted by Crippen LogP contribution is -2.20. The largest absolute Gasteiger partial charge is 0.497 e. The third-order valence-corrected chi connectivity index (χ3v) is 5.27. The average Bonchev–Trinajstić information content (AvgIpc) is 3.29. The molecule has 6 heteroatoms. The van der Waals surface area contributed by atoms with Crippen LogP contribution in [0.25, 0.3) is 21.8 Å². The SMILES string of the molecule is COc1cccc(OCC(=O)Nc2cccc(-c3csc(-c4ccccc4)n3)c2)c1. The van der Waals surface area contributed by atoms with Crippen LogP contribution in [0.4, 0.5) is 5.69 Å². The molecule has 0 atom stereocenters. The minimum absolute atomic E-state index is 0.0910. The molecule has 0 radical (unpaired) electrons. The molecule has 1 heterocycles. The van der Waals surface area contributed by atoms with E-state index in [1.807, 2.05) is 72.1 Å². The summed E-state index contributed by atoms with van der Waals surface area (Å²) in [7, 11) is 1.59. The lowest BCUT2D eigenvalue weighted by Gasteiger charge is -2.09. The summed E-state index contributed by atoms with van der Waals surface area (Å²) in [5.41, 5.74) is 3.61. The second kappa shape index (κ2) is 9.24. The van der Waals surface area contributed by atoms with Gasteiger partial charge in [-0.15, -0.1) is 11.3 Å². The molecular weight excluding hydrogens is 396 g/mol. The fourth-order valence-corrected chi connectivity index (χ4v) is 3.75. The van der Waals surface area contributed by atoms with E-state index < -0.39 is 0 Å². The Morgan fingerprint density at radius 1 is 0.933 bits per heavy atom. The quantitative estimate of drug-likeness (QED) is 0.432. The maximum atomic E-state index is 12.3.